The van der Waals surface area contributed by atoms with Crippen LogP contribution in [0.4, 0.5) is 4.39 Å². The first-order chi connectivity index (χ1) is 13.1. The van der Waals surface area contributed by atoms with Gasteiger partial charge in [0.1, 0.15) is 11.9 Å². The van der Waals surface area contributed by atoms with E-state index in [1.807, 2.05) is 36.1 Å². The molecule has 27 heavy (non-hydrogen) atoms. The zero-order valence-corrected chi connectivity index (χ0v) is 15.1. The lowest BCUT2D eigenvalue weighted by Crippen LogP contribution is -2.32. The normalized spacial score (nSPS) is 16.7. The van der Waals surface area contributed by atoms with Crippen molar-refractivity contribution in [3.63, 3.8) is 0 Å². The van der Waals surface area contributed by atoms with Gasteiger partial charge in [-0.15, -0.1) is 0 Å². The molecule has 1 atom stereocenters. The van der Waals surface area contributed by atoms with Crippen molar-refractivity contribution in [1.29, 1.82) is 0 Å². The molecule has 1 aliphatic heterocycles. The van der Waals surface area contributed by atoms with Gasteiger partial charge in [-0.25, -0.2) is 4.39 Å². The van der Waals surface area contributed by atoms with Crippen LogP contribution in [0.15, 0.2) is 53.1 Å². The van der Waals surface area contributed by atoms with Gasteiger partial charge >= 0.3 is 0 Å². The van der Waals surface area contributed by atoms with E-state index in [0.29, 0.717) is 30.2 Å². The molecule has 4 rings (SSSR count). The molecule has 138 valence electrons. The molecule has 6 heteroatoms. The maximum atomic E-state index is 13.1. The van der Waals surface area contributed by atoms with Crippen LogP contribution in [0.1, 0.15) is 35.9 Å². The van der Waals surface area contributed by atoms with Crippen LogP contribution >= 0.6 is 0 Å². The van der Waals surface area contributed by atoms with Gasteiger partial charge in [-0.05, 0) is 49.6 Å². The minimum Gasteiger partial charge on any atom is -0.337 e. The van der Waals surface area contributed by atoms with Crippen LogP contribution in [0.2, 0.25) is 0 Å². The van der Waals surface area contributed by atoms with Gasteiger partial charge < -0.3 is 9.42 Å². The molecule has 0 N–H and O–H groups in total. The maximum Gasteiger partial charge on any atom is 0.249 e. The van der Waals surface area contributed by atoms with Crippen molar-refractivity contribution in [3.8, 4) is 11.4 Å². The summed E-state index contributed by atoms with van der Waals surface area (Å²) < 4.78 is 18.5. The molecule has 1 fully saturated rings. The number of likely N-dealkylation sites (tertiary alicyclic amines) is 1. The van der Waals surface area contributed by atoms with Crippen LogP contribution in [0, 0.1) is 12.7 Å². The van der Waals surface area contributed by atoms with Crippen molar-refractivity contribution >= 4 is 5.91 Å². The third-order valence-corrected chi connectivity index (χ3v) is 4.88. The Morgan fingerprint density at radius 3 is 2.67 bits per heavy atom. The number of nitrogens with zero attached hydrogens (tertiary/aromatic N) is 3. The second-order valence-electron chi connectivity index (χ2n) is 6.87. The molecule has 1 amide bonds. The quantitative estimate of drug-likeness (QED) is 0.699. The highest BCUT2D eigenvalue weighted by Gasteiger charge is 2.34. The Labute approximate surface area is 156 Å². The summed E-state index contributed by atoms with van der Waals surface area (Å²) >= 11 is 0. The molecular formula is C21H20FN3O2. The third kappa shape index (κ3) is 3.74. The summed E-state index contributed by atoms with van der Waals surface area (Å²) in [6, 6.07) is 13.7. The monoisotopic (exact) mass is 365 g/mol. The molecule has 0 radical (unpaired) electrons. The number of benzene rings is 2. The van der Waals surface area contributed by atoms with Crippen molar-refractivity contribution < 1.29 is 13.7 Å². The SMILES string of the molecule is Cc1ccc(CC(=O)N2CCCC2c2nc(-c3ccc(F)cc3)no2)cc1. The third-order valence-electron chi connectivity index (χ3n) is 4.88. The lowest BCUT2D eigenvalue weighted by Gasteiger charge is -2.22. The van der Waals surface area contributed by atoms with Gasteiger partial charge in [0.05, 0.1) is 6.42 Å². The molecule has 1 aliphatic rings. The Kier molecular flexibility index (Phi) is 4.71. The Morgan fingerprint density at radius 2 is 1.93 bits per heavy atom. The van der Waals surface area contributed by atoms with Crippen molar-refractivity contribution in [3.05, 3.63) is 71.4 Å². The van der Waals surface area contributed by atoms with Crippen LogP contribution in [-0.2, 0) is 11.2 Å². The lowest BCUT2D eigenvalue weighted by atomic mass is 10.1. The smallest absolute Gasteiger partial charge is 0.249 e. The molecule has 0 aliphatic carbocycles. The molecule has 0 spiro atoms. The van der Waals surface area contributed by atoms with Gasteiger partial charge in [-0.3, -0.25) is 4.79 Å². The summed E-state index contributed by atoms with van der Waals surface area (Å²) in [6.45, 7) is 2.71. The average Bonchev–Trinajstić information content (AvgIpc) is 3.33. The fourth-order valence-corrected chi connectivity index (χ4v) is 3.39. The fraction of sp³-hybridized carbons (Fsp3) is 0.286. The molecule has 1 aromatic heterocycles. The van der Waals surface area contributed by atoms with E-state index in [0.717, 1.165) is 18.4 Å². The predicted molar refractivity (Wildman–Crippen MR) is 98.3 cm³/mol. The van der Waals surface area contributed by atoms with Gasteiger partial charge in [0, 0.05) is 12.1 Å². The zero-order valence-electron chi connectivity index (χ0n) is 15.1. The average molecular weight is 365 g/mol. The Bertz CT molecular complexity index is 935. The van der Waals surface area contributed by atoms with E-state index in [1.165, 1.54) is 17.7 Å². The summed E-state index contributed by atoms with van der Waals surface area (Å²) in [5.74, 6) is 0.584. The topological polar surface area (TPSA) is 59.2 Å². The summed E-state index contributed by atoms with van der Waals surface area (Å²) in [4.78, 5) is 19.1. The molecule has 5 nitrogen and oxygen atoms in total. The van der Waals surface area contributed by atoms with Crippen molar-refractivity contribution in [2.45, 2.75) is 32.2 Å². The lowest BCUT2D eigenvalue weighted by molar-refractivity contribution is -0.131. The Balaban J connectivity index is 1.50. The van der Waals surface area contributed by atoms with E-state index in [2.05, 4.69) is 10.1 Å². The number of hydrogen-bond acceptors (Lipinski definition) is 4. The molecule has 2 aromatic carbocycles. The van der Waals surface area contributed by atoms with Gasteiger partial charge in [0.2, 0.25) is 17.6 Å². The summed E-state index contributed by atoms with van der Waals surface area (Å²) in [7, 11) is 0. The van der Waals surface area contributed by atoms with Gasteiger partial charge in [-0.2, -0.15) is 4.98 Å². The van der Waals surface area contributed by atoms with Gasteiger partial charge in [0.25, 0.3) is 0 Å². The van der Waals surface area contributed by atoms with E-state index in [9.17, 15) is 9.18 Å². The summed E-state index contributed by atoms with van der Waals surface area (Å²) in [5, 5.41) is 4.00. The molecule has 0 saturated carbocycles. The van der Waals surface area contributed by atoms with Crippen molar-refractivity contribution in [1.82, 2.24) is 15.0 Å². The largest absolute Gasteiger partial charge is 0.337 e. The second-order valence-corrected chi connectivity index (χ2v) is 6.87. The number of halogens is 1. The standard InChI is InChI=1S/C21H20FN3O2/c1-14-4-6-15(7-5-14)13-19(26)25-12-2-3-18(25)21-23-20(24-27-21)16-8-10-17(22)11-9-16/h4-11,18H,2-3,12-13H2,1H3. The van der Waals surface area contributed by atoms with E-state index in [4.69, 9.17) is 4.52 Å². The molecule has 1 saturated heterocycles. The number of carbonyl (C=O) groups excluding carboxylic acids is 1. The Morgan fingerprint density at radius 1 is 1.19 bits per heavy atom. The second kappa shape index (κ2) is 7.31. The molecule has 2 heterocycles. The summed E-state index contributed by atoms with van der Waals surface area (Å²) in [6.07, 6.45) is 2.05. The van der Waals surface area contributed by atoms with Crippen LogP contribution in [0.3, 0.4) is 0 Å². The molecule has 3 aromatic rings. The van der Waals surface area contributed by atoms with E-state index < -0.39 is 0 Å². The number of carbonyl (C=O) groups is 1. The van der Waals surface area contributed by atoms with Crippen LogP contribution < -0.4 is 0 Å². The van der Waals surface area contributed by atoms with Gasteiger partial charge in [-0.1, -0.05) is 35.0 Å². The summed E-state index contributed by atoms with van der Waals surface area (Å²) in [5.41, 5.74) is 2.85. The Hall–Kier alpha value is -3.02. The van der Waals surface area contributed by atoms with Crippen LogP contribution in [-0.4, -0.2) is 27.5 Å². The van der Waals surface area contributed by atoms with E-state index in [-0.39, 0.29) is 17.8 Å². The first-order valence-corrected chi connectivity index (χ1v) is 9.05. The highest BCUT2D eigenvalue weighted by molar-refractivity contribution is 5.79. The minimum absolute atomic E-state index is 0.0582. The van der Waals surface area contributed by atoms with Crippen molar-refractivity contribution in [2.24, 2.45) is 0 Å². The first kappa shape index (κ1) is 17.4. The number of aromatic nitrogens is 2. The number of aryl methyl sites for hydroxylation is 1. The van der Waals surface area contributed by atoms with Crippen LogP contribution in [0.25, 0.3) is 11.4 Å². The first-order valence-electron chi connectivity index (χ1n) is 9.05. The molecular weight excluding hydrogens is 345 g/mol. The minimum atomic E-state index is -0.314. The maximum absolute atomic E-state index is 13.1. The van der Waals surface area contributed by atoms with E-state index in [1.54, 1.807) is 12.1 Å². The zero-order chi connectivity index (χ0) is 18.8. The fourth-order valence-electron chi connectivity index (χ4n) is 3.39. The van der Waals surface area contributed by atoms with Gasteiger partial charge in [0.15, 0.2) is 0 Å². The number of amides is 1. The molecule has 1 unspecified atom stereocenters. The molecule has 0 bridgehead atoms. The highest BCUT2D eigenvalue weighted by atomic mass is 19.1. The van der Waals surface area contributed by atoms with Crippen molar-refractivity contribution in [2.75, 3.05) is 6.54 Å². The highest BCUT2D eigenvalue weighted by Crippen LogP contribution is 2.32. The number of rotatable bonds is 4. The number of hydrogen-bond donors (Lipinski definition) is 0. The van der Waals surface area contributed by atoms with E-state index >= 15 is 0 Å². The van der Waals surface area contributed by atoms with Crippen LogP contribution in [0.5, 0.6) is 0 Å². The predicted octanol–water partition coefficient (Wildman–Crippen LogP) is 4.09.